The summed E-state index contributed by atoms with van der Waals surface area (Å²) in [6.07, 6.45) is 2.26. The van der Waals surface area contributed by atoms with Crippen molar-refractivity contribution in [3.05, 3.63) is 65.2 Å². The van der Waals surface area contributed by atoms with E-state index in [1.165, 1.54) is 22.4 Å². The molecule has 0 radical (unpaired) electrons. The molecule has 3 rings (SSSR count). The predicted molar refractivity (Wildman–Crippen MR) is 81.5 cm³/mol. The van der Waals surface area contributed by atoms with Crippen molar-refractivity contribution in [3.8, 4) is 0 Å². The maximum absolute atomic E-state index is 3.63. The van der Waals surface area contributed by atoms with Crippen molar-refractivity contribution in [1.29, 1.82) is 0 Å². The van der Waals surface area contributed by atoms with Crippen LogP contribution in [-0.4, -0.2) is 0 Å². The highest BCUT2D eigenvalue weighted by Crippen LogP contribution is 2.34. The number of nitrogens with one attached hydrogen (secondary N) is 1. The molecule has 1 heteroatoms. The standard InChI is InChI=1S/C18H21N/c1-13(2)10-14-6-5-8-15(11-14)18-12-16-7-3-4-9-17(16)19-18/h3-9,11,13,18-19H,10,12H2,1-2H3. The number of rotatable bonds is 3. The van der Waals surface area contributed by atoms with Gasteiger partial charge in [0.2, 0.25) is 0 Å². The molecule has 0 aliphatic carbocycles. The Bertz CT molecular complexity index is 546. The summed E-state index contributed by atoms with van der Waals surface area (Å²) in [6, 6.07) is 18.1. The molecule has 1 aliphatic heterocycles. The molecule has 1 unspecified atom stereocenters. The Morgan fingerprint density at radius 1 is 1.11 bits per heavy atom. The van der Waals surface area contributed by atoms with Gasteiger partial charge in [0.05, 0.1) is 6.04 Å². The van der Waals surface area contributed by atoms with E-state index < -0.39 is 0 Å². The normalized spacial score (nSPS) is 17.3. The van der Waals surface area contributed by atoms with Crippen LogP contribution in [0, 0.1) is 5.92 Å². The molecule has 0 saturated carbocycles. The van der Waals surface area contributed by atoms with E-state index in [0.29, 0.717) is 12.0 Å². The van der Waals surface area contributed by atoms with Crippen LogP contribution in [0.25, 0.3) is 0 Å². The lowest BCUT2D eigenvalue weighted by molar-refractivity contribution is 0.646. The van der Waals surface area contributed by atoms with Gasteiger partial charge in [0.1, 0.15) is 0 Å². The quantitative estimate of drug-likeness (QED) is 0.841. The maximum Gasteiger partial charge on any atom is 0.0555 e. The zero-order valence-corrected chi connectivity index (χ0v) is 11.7. The Kier molecular flexibility index (Phi) is 3.29. The minimum Gasteiger partial charge on any atom is -0.378 e. The molecule has 0 spiro atoms. The van der Waals surface area contributed by atoms with E-state index in [0.717, 1.165) is 12.8 Å². The van der Waals surface area contributed by atoms with Crippen LogP contribution in [0.4, 0.5) is 5.69 Å². The van der Waals surface area contributed by atoms with Crippen molar-refractivity contribution in [2.24, 2.45) is 5.92 Å². The number of fused-ring (bicyclic) bond motifs is 1. The van der Waals surface area contributed by atoms with Crippen molar-refractivity contribution < 1.29 is 0 Å². The van der Waals surface area contributed by atoms with Gasteiger partial charge in [0.25, 0.3) is 0 Å². The first-order valence-corrected chi connectivity index (χ1v) is 7.15. The average Bonchev–Trinajstić information content (AvgIpc) is 2.82. The molecule has 1 heterocycles. The van der Waals surface area contributed by atoms with Crippen LogP contribution in [0.5, 0.6) is 0 Å². The summed E-state index contributed by atoms with van der Waals surface area (Å²) in [5.41, 5.74) is 5.59. The largest absolute Gasteiger partial charge is 0.378 e. The highest BCUT2D eigenvalue weighted by Gasteiger charge is 2.21. The molecular weight excluding hydrogens is 230 g/mol. The van der Waals surface area contributed by atoms with E-state index in [1.807, 2.05) is 0 Å². The second-order valence-electron chi connectivity index (χ2n) is 5.90. The Morgan fingerprint density at radius 3 is 2.74 bits per heavy atom. The van der Waals surface area contributed by atoms with Gasteiger partial charge in [-0.25, -0.2) is 0 Å². The molecule has 1 aliphatic rings. The van der Waals surface area contributed by atoms with Crippen molar-refractivity contribution >= 4 is 5.69 Å². The van der Waals surface area contributed by atoms with Gasteiger partial charge in [-0.1, -0.05) is 56.3 Å². The van der Waals surface area contributed by atoms with Gasteiger partial charge in [-0.3, -0.25) is 0 Å². The lowest BCUT2D eigenvalue weighted by atomic mass is 9.97. The number of hydrogen-bond donors (Lipinski definition) is 1. The Hall–Kier alpha value is -1.76. The monoisotopic (exact) mass is 251 g/mol. The van der Waals surface area contributed by atoms with Crippen molar-refractivity contribution in [2.75, 3.05) is 5.32 Å². The van der Waals surface area contributed by atoms with Gasteiger partial charge in [-0.05, 0) is 41.5 Å². The molecule has 1 nitrogen and oxygen atoms in total. The first kappa shape index (κ1) is 12.3. The van der Waals surface area contributed by atoms with Crippen LogP contribution in [0.3, 0.4) is 0 Å². The Balaban J connectivity index is 1.81. The van der Waals surface area contributed by atoms with Gasteiger partial charge < -0.3 is 5.32 Å². The molecule has 0 fully saturated rings. The van der Waals surface area contributed by atoms with E-state index >= 15 is 0 Å². The summed E-state index contributed by atoms with van der Waals surface area (Å²) in [5, 5.41) is 3.63. The molecule has 1 N–H and O–H groups in total. The molecule has 1 atom stereocenters. The van der Waals surface area contributed by atoms with Crippen LogP contribution in [-0.2, 0) is 12.8 Å². The molecule has 0 amide bonds. The number of para-hydroxylation sites is 1. The molecule has 19 heavy (non-hydrogen) atoms. The van der Waals surface area contributed by atoms with Crippen molar-refractivity contribution in [2.45, 2.75) is 32.7 Å². The van der Waals surface area contributed by atoms with Crippen molar-refractivity contribution in [1.82, 2.24) is 0 Å². The van der Waals surface area contributed by atoms with Crippen LogP contribution in [0.15, 0.2) is 48.5 Å². The van der Waals surface area contributed by atoms with E-state index in [-0.39, 0.29) is 0 Å². The molecule has 0 aromatic heterocycles. The SMILES string of the molecule is CC(C)Cc1cccc(C2Cc3ccccc3N2)c1. The lowest BCUT2D eigenvalue weighted by Crippen LogP contribution is -2.06. The highest BCUT2D eigenvalue weighted by molar-refractivity contribution is 5.58. The Morgan fingerprint density at radius 2 is 1.95 bits per heavy atom. The average molecular weight is 251 g/mol. The summed E-state index contributed by atoms with van der Waals surface area (Å²) in [5.74, 6) is 0.712. The molecule has 2 aromatic rings. The zero-order chi connectivity index (χ0) is 13.2. The summed E-state index contributed by atoms with van der Waals surface area (Å²) in [6.45, 7) is 4.55. The first-order chi connectivity index (χ1) is 9.22. The van der Waals surface area contributed by atoms with Crippen LogP contribution >= 0.6 is 0 Å². The first-order valence-electron chi connectivity index (χ1n) is 7.15. The van der Waals surface area contributed by atoms with Gasteiger partial charge >= 0.3 is 0 Å². The lowest BCUT2D eigenvalue weighted by Gasteiger charge is -2.14. The number of anilines is 1. The maximum atomic E-state index is 3.63. The minimum atomic E-state index is 0.435. The zero-order valence-electron chi connectivity index (χ0n) is 11.7. The third-order valence-electron chi connectivity index (χ3n) is 3.77. The predicted octanol–water partition coefficient (Wildman–Crippen LogP) is 4.59. The van der Waals surface area contributed by atoms with Crippen LogP contribution in [0.2, 0.25) is 0 Å². The molecule has 0 saturated heterocycles. The summed E-state index contributed by atoms with van der Waals surface area (Å²) in [4.78, 5) is 0. The smallest absolute Gasteiger partial charge is 0.0555 e. The third-order valence-corrected chi connectivity index (χ3v) is 3.77. The third kappa shape index (κ3) is 2.65. The van der Waals surface area contributed by atoms with E-state index in [9.17, 15) is 0 Å². The molecule has 98 valence electrons. The van der Waals surface area contributed by atoms with E-state index in [4.69, 9.17) is 0 Å². The molecular formula is C18H21N. The second-order valence-corrected chi connectivity index (χ2v) is 5.90. The van der Waals surface area contributed by atoms with E-state index in [2.05, 4.69) is 67.7 Å². The van der Waals surface area contributed by atoms with Gasteiger partial charge in [0, 0.05) is 5.69 Å². The fourth-order valence-corrected chi connectivity index (χ4v) is 2.91. The van der Waals surface area contributed by atoms with Gasteiger partial charge in [-0.15, -0.1) is 0 Å². The minimum absolute atomic E-state index is 0.435. The fraction of sp³-hybridized carbons (Fsp3) is 0.333. The second kappa shape index (κ2) is 5.08. The van der Waals surface area contributed by atoms with Gasteiger partial charge in [0.15, 0.2) is 0 Å². The van der Waals surface area contributed by atoms with Crippen LogP contribution < -0.4 is 5.32 Å². The van der Waals surface area contributed by atoms with Crippen LogP contribution in [0.1, 0.15) is 36.6 Å². The Labute approximate surface area is 115 Å². The number of benzene rings is 2. The number of hydrogen-bond acceptors (Lipinski definition) is 1. The molecule has 2 aromatic carbocycles. The highest BCUT2D eigenvalue weighted by atomic mass is 14.9. The summed E-state index contributed by atoms with van der Waals surface area (Å²) in [7, 11) is 0. The topological polar surface area (TPSA) is 12.0 Å². The summed E-state index contributed by atoms with van der Waals surface area (Å²) < 4.78 is 0. The van der Waals surface area contributed by atoms with Crippen molar-refractivity contribution in [3.63, 3.8) is 0 Å². The van der Waals surface area contributed by atoms with Gasteiger partial charge in [-0.2, -0.15) is 0 Å². The summed E-state index contributed by atoms with van der Waals surface area (Å²) >= 11 is 0. The molecule has 0 bridgehead atoms. The fourth-order valence-electron chi connectivity index (χ4n) is 2.91. The van der Waals surface area contributed by atoms with E-state index in [1.54, 1.807) is 0 Å².